The first-order valence-corrected chi connectivity index (χ1v) is 6.40. The summed E-state index contributed by atoms with van der Waals surface area (Å²) in [5.74, 6) is -2.02. The van der Waals surface area contributed by atoms with Crippen LogP contribution in [-0.2, 0) is 19.6 Å². The van der Waals surface area contributed by atoms with Crippen molar-refractivity contribution in [3.05, 3.63) is 23.8 Å². The zero-order valence-electron chi connectivity index (χ0n) is 9.50. The Morgan fingerprint density at radius 1 is 1.39 bits per heavy atom. The van der Waals surface area contributed by atoms with E-state index in [1.807, 2.05) is 0 Å². The van der Waals surface area contributed by atoms with Crippen LogP contribution < -0.4 is 10.5 Å². The standard InChI is InChI=1S/C10H12N2O5S/c1-6-2-3-7(4-8(6)18(11,16)17)12-9(13)5-10(14)15/h2-4H,5H2,1H3,(H,12,13)(H,14,15)(H2,11,16,17). The van der Waals surface area contributed by atoms with Crippen molar-refractivity contribution in [2.75, 3.05) is 5.32 Å². The third kappa shape index (κ3) is 3.82. The van der Waals surface area contributed by atoms with Gasteiger partial charge in [-0.3, -0.25) is 9.59 Å². The number of aliphatic carboxylic acids is 1. The normalized spacial score (nSPS) is 11.0. The van der Waals surface area contributed by atoms with Crippen LogP contribution in [0, 0.1) is 6.92 Å². The maximum absolute atomic E-state index is 11.2. The van der Waals surface area contributed by atoms with E-state index in [1.54, 1.807) is 6.92 Å². The molecule has 0 spiro atoms. The zero-order valence-corrected chi connectivity index (χ0v) is 10.3. The summed E-state index contributed by atoms with van der Waals surface area (Å²) in [6.07, 6.45) is -0.696. The molecule has 0 aliphatic rings. The SMILES string of the molecule is Cc1ccc(NC(=O)CC(=O)O)cc1S(N)(=O)=O. The lowest BCUT2D eigenvalue weighted by molar-refractivity contribution is -0.139. The lowest BCUT2D eigenvalue weighted by Crippen LogP contribution is -2.17. The van der Waals surface area contributed by atoms with E-state index in [2.05, 4.69) is 5.32 Å². The molecule has 4 N–H and O–H groups in total. The van der Waals surface area contributed by atoms with Crippen molar-refractivity contribution in [1.29, 1.82) is 0 Å². The Kier molecular flexibility index (Phi) is 4.04. The number of anilines is 1. The van der Waals surface area contributed by atoms with Crippen LogP contribution in [-0.4, -0.2) is 25.4 Å². The van der Waals surface area contributed by atoms with Gasteiger partial charge in [-0.15, -0.1) is 0 Å². The molecule has 0 unspecified atom stereocenters. The minimum absolute atomic E-state index is 0.115. The highest BCUT2D eigenvalue weighted by molar-refractivity contribution is 7.89. The van der Waals surface area contributed by atoms with Gasteiger partial charge in [0, 0.05) is 5.69 Å². The van der Waals surface area contributed by atoms with Crippen LogP contribution >= 0.6 is 0 Å². The van der Waals surface area contributed by atoms with Crippen molar-refractivity contribution in [2.24, 2.45) is 5.14 Å². The summed E-state index contributed by atoms with van der Waals surface area (Å²) < 4.78 is 22.5. The molecule has 98 valence electrons. The second-order valence-electron chi connectivity index (χ2n) is 3.64. The average molecular weight is 272 g/mol. The molecule has 0 saturated carbocycles. The lowest BCUT2D eigenvalue weighted by atomic mass is 10.2. The second kappa shape index (κ2) is 5.15. The summed E-state index contributed by atoms with van der Waals surface area (Å²) in [4.78, 5) is 21.4. The molecular formula is C10H12N2O5S. The van der Waals surface area contributed by atoms with Crippen LogP contribution in [0.15, 0.2) is 23.1 Å². The third-order valence-corrected chi connectivity index (χ3v) is 3.14. The van der Waals surface area contributed by atoms with Crippen LogP contribution in [0.1, 0.15) is 12.0 Å². The molecule has 1 amide bonds. The maximum atomic E-state index is 11.2. The Labute approximate surface area is 104 Å². The smallest absolute Gasteiger partial charge is 0.312 e. The number of nitrogens with two attached hydrogens (primary N) is 1. The molecule has 0 heterocycles. The van der Waals surface area contributed by atoms with Gasteiger partial charge in [0.1, 0.15) is 6.42 Å². The molecule has 0 radical (unpaired) electrons. The molecule has 7 nitrogen and oxygen atoms in total. The van der Waals surface area contributed by atoms with Gasteiger partial charge in [-0.25, -0.2) is 13.6 Å². The molecule has 0 aliphatic carbocycles. The Morgan fingerprint density at radius 3 is 2.50 bits per heavy atom. The highest BCUT2D eigenvalue weighted by atomic mass is 32.2. The Bertz CT molecular complexity index is 594. The highest BCUT2D eigenvalue weighted by Crippen LogP contribution is 2.19. The van der Waals surface area contributed by atoms with Gasteiger partial charge < -0.3 is 10.4 Å². The number of carbonyl (C=O) groups is 2. The largest absolute Gasteiger partial charge is 0.481 e. The summed E-state index contributed by atoms with van der Waals surface area (Å²) in [5.41, 5.74) is 0.615. The van der Waals surface area contributed by atoms with Gasteiger partial charge in [0.05, 0.1) is 4.90 Å². The van der Waals surface area contributed by atoms with Crippen molar-refractivity contribution in [3.63, 3.8) is 0 Å². The van der Waals surface area contributed by atoms with Crippen LogP contribution in [0.2, 0.25) is 0 Å². The first-order valence-electron chi connectivity index (χ1n) is 4.85. The monoisotopic (exact) mass is 272 g/mol. The van der Waals surface area contributed by atoms with Gasteiger partial charge >= 0.3 is 5.97 Å². The molecule has 0 saturated heterocycles. The molecular weight excluding hydrogens is 260 g/mol. The van der Waals surface area contributed by atoms with Crippen molar-refractivity contribution < 1.29 is 23.1 Å². The fraction of sp³-hybridized carbons (Fsp3) is 0.200. The number of rotatable bonds is 4. The van der Waals surface area contributed by atoms with E-state index in [0.29, 0.717) is 5.56 Å². The van der Waals surface area contributed by atoms with Crippen molar-refractivity contribution >= 4 is 27.6 Å². The van der Waals surface area contributed by atoms with E-state index >= 15 is 0 Å². The number of primary sulfonamides is 1. The summed E-state index contributed by atoms with van der Waals surface area (Å²) in [5, 5.41) is 15.7. The number of carbonyl (C=O) groups excluding carboxylic acids is 1. The average Bonchev–Trinajstić information content (AvgIpc) is 2.17. The van der Waals surface area contributed by atoms with Gasteiger partial charge in [-0.05, 0) is 24.6 Å². The maximum Gasteiger partial charge on any atom is 0.312 e. The van der Waals surface area contributed by atoms with E-state index in [1.165, 1.54) is 18.2 Å². The summed E-state index contributed by atoms with van der Waals surface area (Å²) in [6.45, 7) is 1.56. The Morgan fingerprint density at radius 2 is 2.00 bits per heavy atom. The van der Waals surface area contributed by atoms with E-state index in [-0.39, 0.29) is 10.6 Å². The summed E-state index contributed by atoms with van der Waals surface area (Å²) in [7, 11) is -3.88. The zero-order chi connectivity index (χ0) is 13.9. The second-order valence-corrected chi connectivity index (χ2v) is 5.17. The minimum atomic E-state index is -3.88. The van der Waals surface area contributed by atoms with Crippen LogP contribution in [0.25, 0.3) is 0 Å². The predicted octanol–water partition coefficient (Wildman–Crippen LogP) is 0.0556. The number of nitrogens with one attached hydrogen (secondary N) is 1. The summed E-state index contributed by atoms with van der Waals surface area (Å²) >= 11 is 0. The van der Waals surface area contributed by atoms with Crippen molar-refractivity contribution in [2.45, 2.75) is 18.2 Å². The quantitative estimate of drug-likeness (QED) is 0.668. The van der Waals surface area contributed by atoms with E-state index in [0.717, 1.165) is 0 Å². The fourth-order valence-corrected chi connectivity index (χ4v) is 2.13. The van der Waals surface area contributed by atoms with Crippen LogP contribution in [0.5, 0.6) is 0 Å². The molecule has 1 aromatic rings. The predicted molar refractivity (Wildman–Crippen MR) is 63.4 cm³/mol. The number of benzene rings is 1. The van der Waals surface area contributed by atoms with E-state index < -0.39 is 28.3 Å². The van der Waals surface area contributed by atoms with Crippen molar-refractivity contribution in [3.8, 4) is 0 Å². The van der Waals surface area contributed by atoms with Gasteiger partial charge in [-0.1, -0.05) is 6.07 Å². The number of hydrogen-bond donors (Lipinski definition) is 3. The van der Waals surface area contributed by atoms with E-state index in [9.17, 15) is 18.0 Å². The molecule has 0 aromatic heterocycles. The number of carboxylic acids is 1. The molecule has 0 bridgehead atoms. The van der Waals surface area contributed by atoms with Gasteiger partial charge in [0.2, 0.25) is 15.9 Å². The molecule has 1 rings (SSSR count). The first-order chi connectivity index (χ1) is 8.20. The molecule has 0 fully saturated rings. The fourth-order valence-electron chi connectivity index (χ4n) is 1.33. The highest BCUT2D eigenvalue weighted by Gasteiger charge is 2.14. The molecule has 18 heavy (non-hydrogen) atoms. The summed E-state index contributed by atoms with van der Waals surface area (Å²) in [6, 6.07) is 4.12. The Balaban J connectivity index is 3.00. The third-order valence-electron chi connectivity index (χ3n) is 2.09. The van der Waals surface area contributed by atoms with Crippen LogP contribution in [0.4, 0.5) is 5.69 Å². The van der Waals surface area contributed by atoms with Gasteiger partial charge in [-0.2, -0.15) is 0 Å². The van der Waals surface area contributed by atoms with Gasteiger partial charge in [0.25, 0.3) is 0 Å². The van der Waals surface area contributed by atoms with Crippen molar-refractivity contribution in [1.82, 2.24) is 0 Å². The molecule has 1 aromatic carbocycles. The topological polar surface area (TPSA) is 127 Å². The molecule has 8 heteroatoms. The Hall–Kier alpha value is -1.93. The van der Waals surface area contributed by atoms with E-state index in [4.69, 9.17) is 10.2 Å². The lowest BCUT2D eigenvalue weighted by Gasteiger charge is -2.08. The molecule has 0 aliphatic heterocycles. The number of sulfonamides is 1. The van der Waals surface area contributed by atoms with Gasteiger partial charge in [0.15, 0.2) is 0 Å². The van der Waals surface area contributed by atoms with Crippen LogP contribution in [0.3, 0.4) is 0 Å². The minimum Gasteiger partial charge on any atom is -0.481 e. The molecule has 0 atom stereocenters. The number of hydrogen-bond acceptors (Lipinski definition) is 4. The number of aryl methyl sites for hydroxylation is 1. The first kappa shape index (κ1) is 14.1. The number of carboxylic acid groups (broad SMARTS) is 1. The number of amides is 1.